The van der Waals surface area contributed by atoms with E-state index in [0.717, 1.165) is 5.69 Å². The van der Waals surface area contributed by atoms with E-state index < -0.39 is 11.6 Å². The third-order valence-electron chi connectivity index (χ3n) is 2.70. The second-order valence-corrected chi connectivity index (χ2v) is 4.16. The van der Waals surface area contributed by atoms with Gasteiger partial charge in [-0.3, -0.25) is 4.79 Å². The zero-order chi connectivity index (χ0) is 11.8. The highest BCUT2D eigenvalue weighted by molar-refractivity contribution is 7.80. The SMILES string of the molecule is O=C(O)CCC1(O)C(=S)Nc2ccccc21. The third-order valence-corrected chi connectivity index (χ3v) is 3.14. The minimum absolute atomic E-state index is 0.0885. The van der Waals surface area contributed by atoms with Gasteiger partial charge in [-0.1, -0.05) is 30.4 Å². The normalized spacial score (nSPS) is 22.7. The molecule has 0 saturated heterocycles. The summed E-state index contributed by atoms with van der Waals surface area (Å²) in [4.78, 5) is 10.8. The number of carbonyl (C=O) groups is 1. The number of rotatable bonds is 3. The van der Waals surface area contributed by atoms with E-state index in [9.17, 15) is 9.90 Å². The van der Waals surface area contributed by atoms with Crippen LogP contribution in [0.5, 0.6) is 0 Å². The number of para-hydroxylation sites is 1. The quantitative estimate of drug-likeness (QED) is 0.695. The van der Waals surface area contributed by atoms with Crippen LogP contribution in [0, 0.1) is 0 Å². The van der Waals surface area contributed by atoms with Crippen molar-refractivity contribution in [2.75, 3.05) is 5.32 Å². The van der Waals surface area contributed by atoms with Crippen molar-refractivity contribution in [1.82, 2.24) is 0 Å². The minimum atomic E-state index is -1.34. The first-order valence-electron chi connectivity index (χ1n) is 4.89. The van der Waals surface area contributed by atoms with Crippen LogP contribution in [0.2, 0.25) is 0 Å². The number of hydrogen-bond donors (Lipinski definition) is 3. The molecule has 1 aliphatic rings. The molecular weight excluding hydrogens is 226 g/mol. The van der Waals surface area contributed by atoms with Crippen molar-refractivity contribution in [2.45, 2.75) is 18.4 Å². The molecule has 2 rings (SSSR count). The summed E-state index contributed by atoms with van der Waals surface area (Å²) in [6.07, 6.45) is -0.0299. The number of carboxylic acids is 1. The summed E-state index contributed by atoms with van der Waals surface area (Å²) in [6, 6.07) is 7.18. The van der Waals surface area contributed by atoms with E-state index in [4.69, 9.17) is 17.3 Å². The maximum absolute atomic E-state index is 10.5. The van der Waals surface area contributed by atoms with Crippen LogP contribution in [-0.2, 0) is 10.4 Å². The molecule has 0 spiro atoms. The first-order chi connectivity index (χ1) is 7.54. The summed E-state index contributed by atoms with van der Waals surface area (Å²) < 4.78 is 0. The van der Waals surface area contributed by atoms with Crippen LogP contribution < -0.4 is 5.32 Å². The number of aliphatic hydroxyl groups is 1. The lowest BCUT2D eigenvalue weighted by Gasteiger charge is -2.21. The Bertz CT molecular complexity index is 460. The van der Waals surface area contributed by atoms with Crippen molar-refractivity contribution < 1.29 is 15.0 Å². The standard InChI is InChI=1S/C11H11NO3S/c13-9(14)5-6-11(15)7-3-1-2-4-8(7)12-10(11)16/h1-4,15H,5-6H2,(H,12,16)(H,13,14). The lowest BCUT2D eigenvalue weighted by atomic mass is 9.91. The van der Waals surface area contributed by atoms with Gasteiger partial charge in [0.2, 0.25) is 0 Å². The maximum Gasteiger partial charge on any atom is 0.303 e. The van der Waals surface area contributed by atoms with Crippen LogP contribution in [0.4, 0.5) is 5.69 Å². The number of fused-ring (bicyclic) bond motifs is 1. The van der Waals surface area contributed by atoms with Crippen molar-refractivity contribution in [3.8, 4) is 0 Å². The topological polar surface area (TPSA) is 69.6 Å². The van der Waals surface area contributed by atoms with Crippen LogP contribution in [0.3, 0.4) is 0 Å². The summed E-state index contributed by atoms with van der Waals surface area (Å²) >= 11 is 5.06. The molecule has 0 aliphatic carbocycles. The van der Waals surface area contributed by atoms with E-state index in [1.807, 2.05) is 6.07 Å². The number of carboxylic acid groups (broad SMARTS) is 1. The van der Waals surface area contributed by atoms with E-state index in [-0.39, 0.29) is 17.8 Å². The molecule has 0 fully saturated rings. The molecule has 0 radical (unpaired) electrons. The van der Waals surface area contributed by atoms with Crippen molar-refractivity contribution in [2.24, 2.45) is 0 Å². The van der Waals surface area contributed by atoms with Crippen molar-refractivity contribution >= 4 is 28.9 Å². The predicted molar refractivity (Wildman–Crippen MR) is 63.4 cm³/mol. The zero-order valence-electron chi connectivity index (χ0n) is 8.43. The first-order valence-corrected chi connectivity index (χ1v) is 5.30. The van der Waals surface area contributed by atoms with Gasteiger partial charge in [-0.2, -0.15) is 0 Å². The second-order valence-electron chi connectivity index (χ2n) is 3.75. The number of thiocarbonyl (C=S) groups is 1. The molecule has 1 atom stereocenters. The monoisotopic (exact) mass is 237 g/mol. The fourth-order valence-corrected chi connectivity index (χ4v) is 2.16. The van der Waals surface area contributed by atoms with Crippen LogP contribution in [0.1, 0.15) is 18.4 Å². The molecule has 1 unspecified atom stereocenters. The molecule has 1 aromatic rings. The molecular formula is C11H11NO3S. The molecule has 16 heavy (non-hydrogen) atoms. The second kappa shape index (κ2) is 3.84. The molecule has 0 saturated carbocycles. The Balaban J connectivity index is 2.33. The van der Waals surface area contributed by atoms with Gasteiger partial charge in [-0.15, -0.1) is 0 Å². The Hall–Kier alpha value is -1.46. The van der Waals surface area contributed by atoms with Crippen molar-refractivity contribution in [3.05, 3.63) is 29.8 Å². The number of aliphatic carboxylic acids is 1. The number of hydrogen-bond acceptors (Lipinski definition) is 3. The van der Waals surface area contributed by atoms with Crippen LogP contribution in [0.15, 0.2) is 24.3 Å². The Kier molecular flexibility index (Phi) is 2.65. The predicted octanol–water partition coefficient (Wildman–Crippen LogP) is 1.49. The van der Waals surface area contributed by atoms with Gasteiger partial charge < -0.3 is 15.5 Å². The Morgan fingerprint density at radius 2 is 2.12 bits per heavy atom. The summed E-state index contributed by atoms with van der Waals surface area (Å²) in [7, 11) is 0. The molecule has 1 aromatic carbocycles. The highest BCUT2D eigenvalue weighted by Crippen LogP contribution is 2.39. The molecule has 3 N–H and O–H groups in total. The van der Waals surface area contributed by atoms with Gasteiger partial charge in [0, 0.05) is 17.7 Å². The van der Waals surface area contributed by atoms with E-state index >= 15 is 0 Å². The highest BCUT2D eigenvalue weighted by Gasteiger charge is 2.41. The molecule has 84 valence electrons. The first kappa shape index (κ1) is 11.0. The summed E-state index contributed by atoms with van der Waals surface area (Å²) in [5.41, 5.74) is 0.0614. The average Bonchev–Trinajstić information content (AvgIpc) is 2.50. The Morgan fingerprint density at radius 3 is 2.81 bits per heavy atom. The largest absolute Gasteiger partial charge is 0.481 e. The van der Waals surface area contributed by atoms with Gasteiger partial charge in [0.05, 0.1) is 0 Å². The number of benzene rings is 1. The fourth-order valence-electron chi connectivity index (χ4n) is 1.84. The third kappa shape index (κ3) is 1.68. The minimum Gasteiger partial charge on any atom is -0.481 e. The molecule has 0 amide bonds. The highest BCUT2D eigenvalue weighted by atomic mass is 32.1. The van der Waals surface area contributed by atoms with Crippen LogP contribution >= 0.6 is 12.2 Å². The zero-order valence-corrected chi connectivity index (χ0v) is 9.25. The Labute approximate surface area is 97.9 Å². The molecule has 4 nitrogen and oxygen atoms in total. The summed E-state index contributed by atoms with van der Waals surface area (Å²) in [5, 5.41) is 21.9. The molecule has 0 aromatic heterocycles. The van der Waals surface area contributed by atoms with Crippen LogP contribution in [-0.4, -0.2) is 21.2 Å². The summed E-state index contributed by atoms with van der Waals surface area (Å²) in [5.74, 6) is -0.944. The van der Waals surface area contributed by atoms with Gasteiger partial charge in [-0.05, 0) is 12.5 Å². The van der Waals surface area contributed by atoms with Gasteiger partial charge in [0.1, 0.15) is 10.6 Å². The molecule has 5 heteroatoms. The number of anilines is 1. The van der Waals surface area contributed by atoms with E-state index in [0.29, 0.717) is 5.56 Å². The molecule has 1 aliphatic heterocycles. The summed E-state index contributed by atoms with van der Waals surface area (Å²) in [6.45, 7) is 0. The van der Waals surface area contributed by atoms with E-state index in [1.165, 1.54) is 0 Å². The van der Waals surface area contributed by atoms with Gasteiger partial charge in [0.15, 0.2) is 0 Å². The molecule has 1 heterocycles. The lowest BCUT2D eigenvalue weighted by Crippen LogP contribution is -2.33. The smallest absolute Gasteiger partial charge is 0.303 e. The van der Waals surface area contributed by atoms with E-state index in [1.54, 1.807) is 18.2 Å². The van der Waals surface area contributed by atoms with Gasteiger partial charge in [0.25, 0.3) is 0 Å². The average molecular weight is 237 g/mol. The lowest BCUT2D eigenvalue weighted by molar-refractivity contribution is -0.138. The van der Waals surface area contributed by atoms with Crippen molar-refractivity contribution in [3.63, 3.8) is 0 Å². The number of nitrogens with one attached hydrogen (secondary N) is 1. The van der Waals surface area contributed by atoms with Gasteiger partial charge in [-0.25, -0.2) is 0 Å². The fraction of sp³-hybridized carbons (Fsp3) is 0.273. The Morgan fingerprint density at radius 1 is 1.44 bits per heavy atom. The molecule has 0 bridgehead atoms. The van der Waals surface area contributed by atoms with Crippen LogP contribution in [0.25, 0.3) is 0 Å². The van der Waals surface area contributed by atoms with Crippen molar-refractivity contribution in [1.29, 1.82) is 0 Å². The van der Waals surface area contributed by atoms with E-state index in [2.05, 4.69) is 5.32 Å². The maximum atomic E-state index is 10.5. The van der Waals surface area contributed by atoms with Gasteiger partial charge >= 0.3 is 5.97 Å².